The lowest BCUT2D eigenvalue weighted by Crippen LogP contribution is -1.97. The van der Waals surface area contributed by atoms with Crippen molar-refractivity contribution < 1.29 is 8.22 Å². The van der Waals surface area contributed by atoms with E-state index >= 15 is 0 Å². The molecule has 0 aliphatic carbocycles. The molecule has 12 aromatic rings. The first-order valence-electron chi connectivity index (χ1n) is 23.6. The predicted octanol–water partition coefficient (Wildman–Crippen LogP) is 15.0. The third-order valence-electron chi connectivity index (χ3n) is 11.7. The Bertz CT molecular complexity index is 3890. The van der Waals surface area contributed by atoms with Gasteiger partial charge in [0.1, 0.15) is 0 Å². The molecule has 0 atom stereocenters. The normalized spacial score (nSPS) is 12.9. The van der Waals surface area contributed by atoms with Crippen molar-refractivity contribution in [2.24, 2.45) is 0 Å². The molecule has 0 spiro atoms. The van der Waals surface area contributed by atoms with Gasteiger partial charge in [-0.3, -0.25) is 0 Å². The van der Waals surface area contributed by atoms with Gasteiger partial charge < -0.3 is 9.13 Å². The van der Waals surface area contributed by atoms with Gasteiger partial charge in [-0.25, -0.2) is 9.97 Å². The molecule has 0 unspecified atom stereocenters. The summed E-state index contributed by atoms with van der Waals surface area (Å²) >= 11 is 0. The Morgan fingerprint density at radius 1 is 0.323 bits per heavy atom. The molecule has 4 nitrogen and oxygen atoms in total. The fourth-order valence-corrected chi connectivity index (χ4v) is 8.68. The summed E-state index contributed by atoms with van der Waals surface area (Å²) in [6.45, 7) is 0. The van der Waals surface area contributed by atoms with Gasteiger partial charge in [-0.2, -0.15) is 0 Å². The molecule has 0 radical (unpaired) electrons. The Balaban J connectivity index is 1.05. The van der Waals surface area contributed by atoms with E-state index in [0.29, 0.717) is 38.9 Å². The number of benzene rings is 9. The molecule has 4 heteroatoms. The predicted molar refractivity (Wildman–Crippen MR) is 258 cm³/mol. The first-order chi connectivity index (χ1) is 33.2. The summed E-state index contributed by atoms with van der Waals surface area (Å²) < 4.78 is 59.0. The van der Waals surface area contributed by atoms with Gasteiger partial charge in [-0.15, -0.1) is 0 Å². The van der Waals surface area contributed by atoms with Gasteiger partial charge in [0, 0.05) is 49.6 Å². The van der Waals surface area contributed by atoms with Crippen molar-refractivity contribution in [1.82, 2.24) is 19.1 Å². The highest BCUT2D eigenvalue weighted by atomic mass is 15.0. The monoisotopic (exact) mass is 796 g/mol. The van der Waals surface area contributed by atoms with E-state index < -0.39 is 0 Å². The van der Waals surface area contributed by atoms with E-state index in [4.69, 9.17) is 14.1 Å². The van der Waals surface area contributed by atoms with E-state index in [1.165, 1.54) is 6.07 Å². The standard InChI is InChI=1S/C58H38N4/c1-5-15-39(16-6-1)43-27-32-56-50(35-43)51-37-45(44-28-33-55-49(36-44)48-23-13-14-24-54(48)61(55)46-21-11-4-12-22-46)29-34-57(51)62(56)47-30-25-41(26-31-47)53-38-52(40-17-7-2-8-18-40)59-58(60-53)42-19-9-3-10-20-42/h1-38H/i13D,14D,24D,28D,33D,36D. The number of fused-ring (bicyclic) bond motifs is 6. The van der Waals surface area contributed by atoms with Crippen molar-refractivity contribution in [3.8, 4) is 67.5 Å². The van der Waals surface area contributed by atoms with Crippen LogP contribution in [0.2, 0.25) is 0 Å². The third kappa shape index (κ3) is 6.08. The highest BCUT2D eigenvalue weighted by molar-refractivity contribution is 6.13. The zero-order chi connectivity index (χ0) is 46.2. The Kier molecular flexibility index (Phi) is 7.08. The maximum absolute atomic E-state index is 9.84. The van der Waals surface area contributed by atoms with Crippen molar-refractivity contribution in [3.63, 3.8) is 0 Å². The van der Waals surface area contributed by atoms with E-state index in [2.05, 4.69) is 71.3 Å². The van der Waals surface area contributed by atoms with E-state index in [9.17, 15) is 4.11 Å². The minimum atomic E-state index is -0.239. The van der Waals surface area contributed by atoms with E-state index in [-0.39, 0.29) is 41.8 Å². The van der Waals surface area contributed by atoms with Crippen LogP contribution in [0.5, 0.6) is 0 Å². The lowest BCUT2D eigenvalue weighted by atomic mass is 9.99. The summed E-state index contributed by atoms with van der Waals surface area (Å²) in [6, 6.07) is 63.3. The lowest BCUT2D eigenvalue weighted by Gasteiger charge is -2.12. The summed E-state index contributed by atoms with van der Waals surface area (Å²) in [5.74, 6) is 0.646. The molecular formula is C58H38N4. The highest BCUT2D eigenvalue weighted by Gasteiger charge is 2.18. The molecule has 12 rings (SSSR count). The van der Waals surface area contributed by atoms with Gasteiger partial charge in [0.25, 0.3) is 0 Å². The van der Waals surface area contributed by atoms with Crippen LogP contribution < -0.4 is 0 Å². The van der Waals surface area contributed by atoms with Crippen molar-refractivity contribution >= 4 is 43.6 Å². The molecular weight excluding hydrogens is 753 g/mol. The van der Waals surface area contributed by atoms with Crippen molar-refractivity contribution in [2.45, 2.75) is 0 Å². The van der Waals surface area contributed by atoms with Crippen molar-refractivity contribution in [3.05, 3.63) is 230 Å². The smallest absolute Gasteiger partial charge is 0.160 e. The van der Waals surface area contributed by atoms with E-state index in [1.54, 1.807) is 4.57 Å². The van der Waals surface area contributed by atoms with Crippen molar-refractivity contribution in [2.75, 3.05) is 0 Å². The minimum absolute atomic E-state index is 0.0245. The quantitative estimate of drug-likeness (QED) is 0.161. The molecule has 0 N–H and O–H groups in total. The van der Waals surface area contributed by atoms with Crippen LogP contribution in [0.15, 0.2) is 230 Å². The maximum atomic E-state index is 9.84. The molecule has 0 bridgehead atoms. The molecule has 3 aromatic heterocycles. The van der Waals surface area contributed by atoms with Crippen LogP contribution >= 0.6 is 0 Å². The molecule has 290 valence electrons. The SMILES string of the molecule is [2H]c1cc2c3c([2H])c(-c4ccc5c(c4)c4cc(-c6ccccc6)ccc4n5-c4ccc(-c5cc(-c6ccccc6)nc(-c6ccccc6)n5)cc4)c([2H])c([2H])c3n(-c3ccccc3)c2c([2H])c1[2H]. The van der Waals surface area contributed by atoms with Crippen LogP contribution in [-0.2, 0) is 0 Å². The fraction of sp³-hybridized carbons (Fsp3) is 0. The molecule has 0 aliphatic heterocycles. The van der Waals surface area contributed by atoms with Crippen LogP contribution in [0.4, 0.5) is 0 Å². The van der Waals surface area contributed by atoms with E-state index in [1.807, 2.05) is 121 Å². The molecule has 0 amide bonds. The Hall–Kier alpha value is -8.34. The van der Waals surface area contributed by atoms with Crippen LogP contribution in [0.1, 0.15) is 8.22 Å². The lowest BCUT2D eigenvalue weighted by molar-refractivity contribution is 1.17. The average molecular weight is 797 g/mol. The number of aromatic nitrogens is 4. The Morgan fingerprint density at radius 2 is 0.823 bits per heavy atom. The minimum Gasteiger partial charge on any atom is -0.309 e. The second-order valence-corrected chi connectivity index (χ2v) is 15.4. The molecule has 3 heterocycles. The summed E-state index contributed by atoms with van der Waals surface area (Å²) in [5.41, 5.74) is 11.6. The van der Waals surface area contributed by atoms with Gasteiger partial charge in [0.15, 0.2) is 5.82 Å². The van der Waals surface area contributed by atoms with Gasteiger partial charge in [-0.05, 0) is 95.0 Å². The van der Waals surface area contributed by atoms with Crippen LogP contribution in [0.25, 0.3) is 111 Å². The number of para-hydroxylation sites is 2. The Morgan fingerprint density at radius 3 is 1.47 bits per heavy atom. The van der Waals surface area contributed by atoms with Crippen LogP contribution in [0.3, 0.4) is 0 Å². The molecule has 62 heavy (non-hydrogen) atoms. The van der Waals surface area contributed by atoms with E-state index in [0.717, 1.165) is 66.7 Å². The van der Waals surface area contributed by atoms with Crippen LogP contribution in [-0.4, -0.2) is 19.1 Å². The fourth-order valence-electron chi connectivity index (χ4n) is 8.68. The zero-order valence-electron chi connectivity index (χ0n) is 39.3. The largest absolute Gasteiger partial charge is 0.309 e. The molecule has 0 saturated carbocycles. The number of nitrogens with zero attached hydrogens (tertiary/aromatic N) is 4. The summed E-state index contributed by atoms with van der Waals surface area (Å²) in [7, 11) is 0. The van der Waals surface area contributed by atoms with Gasteiger partial charge >= 0.3 is 0 Å². The van der Waals surface area contributed by atoms with Crippen molar-refractivity contribution in [1.29, 1.82) is 0 Å². The summed E-state index contributed by atoms with van der Waals surface area (Å²) in [5, 5.41) is 2.69. The Labute approximate surface area is 367 Å². The molecule has 0 aliphatic rings. The number of rotatable bonds is 7. The zero-order valence-corrected chi connectivity index (χ0v) is 33.3. The maximum Gasteiger partial charge on any atom is 0.160 e. The second kappa shape index (κ2) is 14.7. The summed E-state index contributed by atoms with van der Waals surface area (Å²) in [6.07, 6.45) is 0. The molecule has 0 fully saturated rings. The average Bonchev–Trinajstić information content (AvgIpc) is 3.91. The topological polar surface area (TPSA) is 35.6 Å². The highest BCUT2D eigenvalue weighted by Crippen LogP contribution is 2.40. The second-order valence-electron chi connectivity index (χ2n) is 15.4. The number of hydrogen-bond acceptors (Lipinski definition) is 2. The first kappa shape index (κ1) is 29.8. The third-order valence-corrected chi connectivity index (χ3v) is 11.7. The van der Waals surface area contributed by atoms with Gasteiger partial charge in [-0.1, -0.05) is 158 Å². The van der Waals surface area contributed by atoms with Crippen LogP contribution in [0, 0.1) is 0 Å². The molecule has 9 aromatic carbocycles. The van der Waals surface area contributed by atoms with Gasteiger partial charge in [0.2, 0.25) is 0 Å². The number of hydrogen-bond donors (Lipinski definition) is 0. The molecule has 0 saturated heterocycles. The first-order valence-corrected chi connectivity index (χ1v) is 20.6. The van der Waals surface area contributed by atoms with Gasteiger partial charge in [0.05, 0.1) is 41.7 Å². The summed E-state index contributed by atoms with van der Waals surface area (Å²) in [4.78, 5) is 10.0.